The molecule has 1 aromatic carbocycles. The van der Waals surface area contributed by atoms with Crippen LogP contribution in [0.4, 0.5) is 8.78 Å². The third kappa shape index (κ3) is 3.19. The fourth-order valence-electron chi connectivity index (χ4n) is 1.98. The SMILES string of the molecule is CCNC(CC)c1nnc(Cc2c(F)cccc2F)o1. The Morgan fingerprint density at radius 2 is 1.90 bits per heavy atom. The lowest BCUT2D eigenvalue weighted by Gasteiger charge is -2.10. The molecule has 0 aliphatic carbocycles. The molecule has 4 nitrogen and oxygen atoms in total. The van der Waals surface area contributed by atoms with Crippen LogP contribution in [0.25, 0.3) is 0 Å². The molecule has 2 rings (SSSR count). The van der Waals surface area contributed by atoms with Crippen LogP contribution < -0.4 is 5.32 Å². The summed E-state index contributed by atoms with van der Waals surface area (Å²) in [5.74, 6) is -0.562. The van der Waals surface area contributed by atoms with Crippen molar-refractivity contribution < 1.29 is 13.2 Å². The fraction of sp³-hybridized carbons (Fsp3) is 0.429. The zero-order valence-electron chi connectivity index (χ0n) is 11.5. The van der Waals surface area contributed by atoms with Crippen LogP contribution in [0.5, 0.6) is 0 Å². The van der Waals surface area contributed by atoms with Crippen molar-refractivity contribution in [2.75, 3.05) is 6.54 Å². The molecular weight excluding hydrogens is 264 g/mol. The van der Waals surface area contributed by atoms with E-state index in [0.717, 1.165) is 13.0 Å². The largest absolute Gasteiger partial charge is 0.423 e. The van der Waals surface area contributed by atoms with Gasteiger partial charge in [-0.05, 0) is 25.1 Å². The molecule has 1 aromatic heterocycles. The van der Waals surface area contributed by atoms with Crippen molar-refractivity contribution in [1.82, 2.24) is 15.5 Å². The third-order valence-corrected chi connectivity index (χ3v) is 3.03. The van der Waals surface area contributed by atoms with Crippen molar-refractivity contribution in [1.29, 1.82) is 0 Å². The Morgan fingerprint density at radius 3 is 2.50 bits per heavy atom. The van der Waals surface area contributed by atoms with Gasteiger partial charge in [0.15, 0.2) is 0 Å². The molecule has 0 fully saturated rings. The molecule has 20 heavy (non-hydrogen) atoms. The Labute approximate surface area is 116 Å². The highest BCUT2D eigenvalue weighted by Crippen LogP contribution is 2.19. The minimum absolute atomic E-state index is 0.0354. The number of aromatic nitrogens is 2. The Hall–Kier alpha value is -1.82. The number of halogens is 2. The van der Waals surface area contributed by atoms with E-state index in [4.69, 9.17) is 4.42 Å². The van der Waals surface area contributed by atoms with Crippen LogP contribution in [0.15, 0.2) is 22.6 Å². The van der Waals surface area contributed by atoms with Gasteiger partial charge >= 0.3 is 0 Å². The predicted molar refractivity (Wildman–Crippen MR) is 70.2 cm³/mol. The number of nitrogens with zero attached hydrogens (tertiary/aromatic N) is 2. The minimum Gasteiger partial charge on any atom is -0.423 e. The van der Waals surface area contributed by atoms with Gasteiger partial charge in [-0.25, -0.2) is 8.78 Å². The van der Waals surface area contributed by atoms with Gasteiger partial charge in [0, 0.05) is 5.56 Å². The second kappa shape index (κ2) is 6.56. The van der Waals surface area contributed by atoms with Crippen molar-refractivity contribution in [3.8, 4) is 0 Å². The second-order valence-electron chi connectivity index (χ2n) is 4.43. The highest BCUT2D eigenvalue weighted by Gasteiger charge is 2.18. The first-order valence-corrected chi connectivity index (χ1v) is 6.64. The summed E-state index contributed by atoms with van der Waals surface area (Å²) in [7, 11) is 0. The molecule has 2 aromatic rings. The third-order valence-electron chi connectivity index (χ3n) is 3.03. The lowest BCUT2D eigenvalue weighted by Crippen LogP contribution is -2.20. The zero-order chi connectivity index (χ0) is 14.5. The van der Waals surface area contributed by atoms with Gasteiger partial charge in [-0.1, -0.05) is 19.9 Å². The van der Waals surface area contributed by atoms with Crippen LogP contribution in [-0.2, 0) is 6.42 Å². The standard InChI is InChI=1S/C14H17F2N3O/c1-3-12(17-4-2)14-19-18-13(20-14)8-9-10(15)6-5-7-11(9)16/h5-7,12,17H,3-4,8H2,1-2H3. The summed E-state index contributed by atoms with van der Waals surface area (Å²) in [4.78, 5) is 0. The van der Waals surface area contributed by atoms with Crippen molar-refractivity contribution in [3.05, 3.63) is 47.2 Å². The van der Waals surface area contributed by atoms with Crippen molar-refractivity contribution in [2.24, 2.45) is 0 Å². The average molecular weight is 281 g/mol. The van der Waals surface area contributed by atoms with Crippen LogP contribution >= 0.6 is 0 Å². The summed E-state index contributed by atoms with van der Waals surface area (Å²) in [5, 5.41) is 11.0. The van der Waals surface area contributed by atoms with Gasteiger partial charge in [-0.2, -0.15) is 0 Å². The van der Waals surface area contributed by atoms with Gasteiger partial charge in [-0.3, -0.25) is 0 Å². The van der Waals surface area contributed by atoms with Gasteiger partial charge < -0.3 is 9.73 Å². The molecule has 0 spiro atoms. The van der Waals surface area contributed by atoms with E-state index < -0.39 is 11.6 Å². The molecule has 1 unspecified atom stereocenters. The minimum atomic E-state index is -0.608. The average Bonchev–Trinajstić information content (AvgIpc) is 2.89. The molecule has 108 valence electrons. The number of rotatable bonds is 6. The van der Waals surface area contributed by atoms with Crippen LogP contribution in [0, 0.1) is 11.6 Å². The lowest BCUT2D eigenvalue weighted by atomic mass is 10.1. The highest BCUT2D eigenvalue weighted by molar-refractivity contribution is 5.22. The molecule has 0 aliphatic rings. The molecule has 0 radical (unpaired) electrons. The van der Waals surface area contributed by atoms with Crippen molar-refractivity contribution in [3.63, 3.8) is 0 Å². The van der Waals surface area contributed by atoms with E-state index in [1.165, 1.54) is 18.2 Å². The van der Waals surface area contributed by atoms with Crippen LogP contribution in [0.3, 0.4) is 0 Å². The summed E-state index contributed by atoms with van der Waals surface area (Å²) in [5.41, 5.74) is -0.0563. The Balaban J connectivity index is 2.17. The van der Waals surface area contributed by atoms with Gasteiger partial charge in [0.05, 0.1) is 12.5 Å². The maximum Gasteiger partial charge on any atom is 0.233 e. The Bertz CT molecular complexity index is 551. The molecule has 0 amide bonds. The van der Waals surface area contributed by atoms with E-state index in [0.29, 0.717) is 5.89 Å². The molecular formula is C14H17F2N3O. The molecule has 0 saturated heterocycles. The van der Waals surface area contributed by atoms with E-state index in [1.807, 2.05) is 13.8 Å². The van der Waals surface area contributed by atoms with Gasteiger partial charge in [-0.15, -0.1) is 10.2 Å². The number of hydrogen-bond donors (Lipinski definition) is 1. The van der Waals surface area contributed by atoms with Gasteiger partial charge in [0.1, 0.15) is 11.6 Å². The van der Waals surface area contributed by atoms with E-state index in [2.05, 4.69) is 15.5 Å². The Morgan fingerprint density at radius 1 is 1.20 bits per heavy atom. The molecule has 6 heteroatoms. The molecule has 0 saturated carbocycles. The number of benzene rings is 1. The molecule has 0 bridgehead atoms. The topological polar surface area (TPSA) is 51.0 Å². The fourth-order valence-corrected chi connectivity index (χ4v) is 1.98. The van der Waals surface area contributed by atoms with Crippen LogP contribution in [-0.4, -0.2) is 16.7 Å². The number of nitrogens with one attached hydrogen (secondary N) is 1. The normalized spacial score (nSPS) is 12.6. The van der Waals surface area contributed by atoms with Crippen LogP contribution in [0.1, 0.15) is 43.7 Å². The summed E-state index contributed by atoms with van der Waals surface area (Å²) in [6.07, 6.45) is 0.748. The predicted octanol–water partition coefficient (Wildman–Crippen LogP) is 3.00. The molecule has 0 aliphatic heterocycles. The van der Waals surface area contributed by atoms with E-state index >= 15 is 0 Å². The summed E-state index contributed by atoms with van der Waals surface area (Å²) >= 11 is 0. The van der Waals surface area contributed by atoms with E-state index in [9.17, 15) is 8.78 Å². The van der Waals surface area contributed by atoms with Gasteiger partial charge in [0.25, 0.3) is 0 Å². The summed E-state index contributed by atoms with van der Waals surface area (Å²) < 4.78 is 32.6. The summed E-state index contributed by atoms with van der Waals surface area (Å²) in [6, 6.07) is 3.71. The molecule has 1 N–H and O–H groups in total. The second-order valence-corrected chi connectivity index (χ2v) is 4.43. The van der Waals surface area contributed by atoms with E-state index in [1.54, 1.807) is 0 Å². The van der Waals surface area contributed by atoms with Crippen molar-refractivity contribution in [2.45, 2.75) is 32.7 Å². The molecule has 1 atom stereocenters. The highest BCUT2D eigenvalue weighted by atomic mass is 19.1. The van der Waals surface area contributed by atoms with Crippen molar-refractivity contribution >= 4 is 0 Å². The van der Waals surface area contributed by atoms with Crippen LogP contribution in [0.2, 0.25) is 0 Å². The quantitative estimate of drug-likeness (QED) is 0.884. The maximum absolute atomic E-state index is 13.5. The van der Waals surface area contributed by atoms with Gasteiger partial charge in [0.2, 0.25) is 11.8 Å². The maximum atomic E-state index is 13.5. The monoisotopic (exact) mass is 281 g/mol. The Kier molecular flexibility index (Phi) is 4.79. The smallest absolute Gasteiger partial charge is 0.233 e. The lowest BCUT2D eigenvalue weighted by molar-refractivity contribution is 0.378. The zero-order valence-corrected chi connectivity index (χ0v) is 11.5. The van der Waals surface area contributed by atoms with E-state index in [-0.39, 0.29) is 23.9 Å². The summed E-state index contributed by atoms with van der Waals surface area (Å²) in [6.45, 7) is 4.75. The first-order valence-electron chi connectivity index (χ1n) is 6.64. The molecule has 1 heterocycles. The first-order chi connectivity index (χ1) is 9.65. The first kappa shape index (κ1) is 14.6. The number of hydrogen-bond acceptors (Lipinski definition) is 4.